The number of hydrogen-bond acceptors (Lipinski definition) is 4. The van der Waals surface area contributed by atoms with Gasteiger partial charge < -0.3 is 14.4 Å². The molecule has 2 aliphatic rings. The van der Waals surface area contributed by atoms with Crippen LogP contribution in [0, 0.1) is 5.92 Å². The first kappa shape index (κ1) is 16.2. The van der Waals surface area contributed by atoms with Crippen molar-refractivity contribution in [1.82, 2.24) is 9.80 Å². The summed E-state index contributed by atoms with van der Waals surface area (Å²) in [5.74, 6) is 0.834. The maximum absolute atomic E-state index is 5.61. The molecule has 4 heteroatoms. The molecule has 118 valence electrons. The van der Waals surface area contributed by atoms with Crippen LogP contribution < -0.4 is 0 Å². The Kier molecular flexibility index (Phi) is 7.28. The summed E-state index contributed by atoms with van der Waals surface area (Å²) in [6.45, 7) is 11.2. The second-order valence-corrected chi connectivity index (χ2v) is 6.43. The van der Waals surface area contributed by atoms with E-state index in [2.05, 4.69) is 16.7 Å². The first-order valence-corrected chi connectivity index (χ1v) is 8.33. The van der Waals surface area contributed by atoms with Crippen molar-refractivity contribution in [2.24, 2.45) is 5.92 Å². The molecule has 0 spiro atoms. The van der Waals surface area contributed by atoms with Crippen LogP contribution in [0.4, 0.5) is 0 Å². The average molecular weight is 284 g/mol. The molecule has 2 saturated heterocycles. The van der Waals surface area contributed by atoms with Crippen LogP contribution in [0.2, 0.25) is 0 Å². The summed E-state index contributed by atoms with van der Waals surface area (Å²) in [7, 11) is 1.81. The SMILES string of the molecule is COCC[C@H]1CCCCN(CCN2CCO[C@@H](C)C2)C1. The van der Waals surface area contributed by atoms with Gasteiger partial charge in [0, 0.05) is 46.4 Å². The molecule has 0 aromatic rings. The lowest BCUT2D eigenvalue weighted by Gasteiger charge is -2.33. The van der Waals surface area contributed by atoms with Crippen molar-refractivity contribution < 1.29 is 9.47 Å². The fourth-order valence-corrected chi connectivity index (χ4v) is 3.42. The Hall–Kier alpha value is -0.160. The lowest BCUT2D eigenvalue weighted by molar-refractivity contribution is -0.0208. The van der Waals surface area contributed by atoms with Gasteiger partial charge in [-0.3, -0.25) is 4.90 Å². The summed E-state index contributed by atoms with van der Waals surface area (Å²) in [5, 5.41) is 0. The van der Waals surface area contributed by atoms with Gasteiger partial charge in [-0.15, -0.1) is 0 Å². The predicted molar refractivity (Wildman–Crippen MR) is 82.1 cm³/mol. The van der Waals surface area contributed by atoms with Crippen molar-refractivity contribution in [2.45, 2.75) is 38.7 Å². The van der Waals surface area contributed by atoms with E-state index in [1.165, 1.54) is 51.9 Å². The minimum atomic E-state index is 0.405. The molecule has 2 atom stereocenters. The largest absolute Gasteiger partial charge is 0.385 e. The highest BCUT2D eigenvalue weighted by Gasteiger charge is 2.20. The van der Waals surface area contributed by atoms with E-state index in [0.29, 0.717) is 6.10 Å². The molecule has 0 unspecified atom stereocenters. The zero-order chi connectivity index (χ0) is 14.2. The Morgan fingerprint density at radius 1 is 1.10 bits per heavy atom. The molecule has 0 radical (unpaired) electrons. The van der Waals surface area contributed by atoms with Crippen molar-refractivity contribution in [2.75, 3.05) is 59.6 Å². The molecule has 2 fully saturated rings. The summed E-state index contributed by atoms with van der Waals surface area (Å²) in [4.78, 5) is 5.23. The monoisotopic (exact) mass is 284 g/mol. The molecule has 2 rings (SSSR count). The number of hydrogen-bond donors (Lipinski definition) is 0. The van der Waals surface area contributed by atoms with Crippen LogP contribution in [0.1, 0.15) is 32.6 Å². The van der Waals surface area contributed by atoms with Gasteiger partial charge in [0.05, 0.1) is 12.7 Å². The smallest absolute Gasteiger partial charge is 0.0674 e. The third kappa shape index (κ3) is 5.68. The molecule has 0 saturated carbocycles. The van der Waals surface area contributed by atoms with Crippen LogP contribution in [0.15, 0.2) is 0 Å². The zero-order valence-corrected chi connectivity index (χ0v) is 13.4. The first-order chi connectivity index (χ1) is 9.78. The predicted octanol–water partition coefficient (Wildman–Crippen LogP) is 1.85. The molecule has 0 amide bonds. The van der Waals surface area contributed by atoms with E-state index in [-0.39, 0.29) is 0 Å². The van der Waals surface area contributed by atoms with E-state index in [9.17, 15) is 0 Å². The van der Waals surface area contributed by atoms with Crippen molar-refractivity contribution in [3.63, 3.8) is 0 Å². The number of ether oxygens (including phenoxy) is 2. The summed E-state index contributed by atoms with van der Waals surface area (Å²) in [6.07, 6.45) is 5.76. The normalized spacial score (nSPS) is 30.3. The highest BCUT2D eigenvalue weighted by molar-refractivity contribution is 4.74. The van der Waals surface area contributed by atoms with Crippen LogP contribution in [0.3, 0.4) is 0 Å². The Labute approximate surface area is 124 Å². The lowest BCUT2D eigenvalue weighted by Crippen LogP contribution is -2.45. The molecule has 0 aliphatic carbocycles. The number of morpholine rings is 1. The first-order valence-electron chi connectivity index (χ1n) is 8.33. The van der Waals surface area contributed by atoms with Crippen LogP contribution in [0.25, 0.3) is 0 Å². The number of likely N-dealkylation sites (tertiary alicyclic amines) is 1. The molecule has 0 aromatic carbocycles. The second-order valence-electron chi connectivity index (χ2n) is 6.43. The van der Waals surface area contributed by atoms with Gasteiger partial charge in [0.2, 0.25) is 0 Å². The van der Waals surface area contributed by atoms with Crippen LogP contribution in [-0.2, 0) is 9.47 Å². The molecule has 0 bridgehead atoms. The van der Waals surface area contributed by atoms with Crippen molar-refractivity contribution in [3.8, 4) is 0 Å². The maximum atomic E-state index is 5.61. The van der Waals surface area contributed by atoms with Crippen LogP contribution >= 0.6 is 0 Å². The average Bonchev–Trinajstić information content (AvgIpc) is 2.68. The van der Waals surface area contributed by atoms with E-state index >= 15 is 0 Å². The molecular weight excluding hydrogens is 252 g/mol. The molecular formula is C16H32N2O2. The molecule has 2 heterocycles. The van der Waals surface area contributed by atoms with Gasteiger partial charge in [0.1, 0.15) is 0 Å². The Morgan fingerprint density at radius 2 is 1.90 bits per heavy atom. The quantitative estimate of drug-likeness (QED) is 0.743. The minimum absolute atomic E-state index is 0.405. The van der Waals surface area contributed by atoms with Crippen LogP contribution in [0.5, 0.6) is 0 Å². The number of methoxy groups -OCH3 is 1. The van der Waals surface area contributed by atoms with E-state index < -0.39 is 0 Å². The van der Waals surface area contributed by atoms with Crippen molar-refractivity contribution in [1.29, 1.82) is 0 Å². The summed E-state index contributed by atoms with van der Waals surface area (Å²) in [6, 6.07) is 0. The number of rotatable bonds is 6. The summed E-state index contributed by atoms with van der Waals surface area (Å²) < 4.78 is 10.9. The molecule has 0 aromatic heterocycles. The molecule has 0 N–H and O–H groups in total. The summed E-state index contributed by atoms with van der Waals surface area (Å²) >= 11 is 0. The molecule has 2 aliphatic heterocycles. The molecule has 20 heavy (non-hydrogen) atoms. The molecule has 4 nitrogen and oxygen atoms in total. The zero-order valence-electron chi connectivity index (χ0n) is 13.4. The van der Waals surface area contributed by atoms with Gasteiger partial charge in [-0.2, -0.15) is 0 Å². The fraction of sp³-hybridized carbons (Fsp3) is 1.00. The van der Waals surface area contributed by atoms with Gasteiger partial charge in [0.25, 0.3) is 0 Å². The topological polar surface area (TPSA) is 24.9 Å². The van der Waals surface area contributed by atoms with E-state index in [0.717, 1.165) is 32.2 Å². The lowest BCUT2D eigenvalue weighted by atomic mass is 10.0. The van der Waals surface area contributed by atoms with Crippen LogP contribution in [-0.4, -0.2) is 75.5 Å². The Morgan fingerprint density at radius 3 is 2.65 bits per heavy atom. The fourth-order valence-electron chi connectivity index (χ4n) is 3.42. The Bertz CT molecular complexity index is 263. The van der Waals surface area contributed by atoms with Gasteiger partial charge in [-0.1, -0.05) is 6.42 Å². The van der Waals surface area contributed by atoms with E-state index in [1.807, 2.05) is 7.11 Å². The summed E-state index contributed by atoms with van der Waals surface area (Å²) in [5.41, 5.74) is 0. The van der Waals surface area contributed by atoms with E-state index in [1.54, 1.807) is 0 Å². The van der Waals surface area contributed by atoms with Gasteiger partial charge in [-0.05, 0) is 38.6 Å². The third-order valence-electron chi connectivity index (χ3n) is 4.64. The van der Waals surface area contributed by atoms with Crippen molar-refractivity contribution >= 4 is 0 Å². The van der Waals surface area contributed by atoms with Gasteiger partial charge in [0.15, 0.2) is 0 Å². The second kappa shape index (κ2) is 8.98. The highest BCUT2D eigenvalue weighted by atomic mass is 16.5. The minimum Gasteiger partial charge on any atom is -0.385 e. The van der Waals surface area contributed by atoms with Gasteiger partial charge >= 0.3 is 0 Å². The van der Waals surface area contributed by atoms with Crippen molar-refractivity contribution in [3.05, 3.63) is 0 Å². The van der Waals surface area contributed by atoms with E-state index in [4.69, 9.17) is 9.47 Å². The maximum Gasteiger partial charge on any atom is 0.0674 e. The number of nitrogens with zero attached hydrogens (tertiary/aromatic N) is 2. The highest BCUT2D eigenvalue weighted by Crippen LogP contribution is 2.19. The standard InChI is InChI=1S/C16H32N2O2/c1-15-13-18(10-12-20-15)9-8-17-7-4-3-5-16(14-17)6-11-19-2/h15-16H,3-14H2,1-2H3/t15-,16+/m0/s1. The van der Waals surface area contributed by atoms with Gasteiger partial charge in [-0.25, -0.2) is 0 Å². The Balaban J connectivity index is 1.70. The third-order valence-corrected chi connectivity index (χ3v) is 4.64.